The molecule has 0 unspecified atom stereocenters. The van der Waals surface area contributed by atoms with Crippen molar-refractivity contribution in [3.8, 4) is 17.4 Å². The summed E-state index contributed by atoms with van der Waals surface area (Å²) in [6, 6.07) is 14.4. The molecule has 2 aromatic carbocycles. The van der Waals surface area contributed by atoms with Crippen LogP contribution in [0.2, 0.25) is 0 Å². The summed E-state index contributed by atoms with van der Waals surface area (Å²) in [4.78, 5) is 12.7. The maximum atomic E-state index is 12.7. The van der Waals surface area contributed by atoms with Crippen LogP contribution in [0.4, 0.5) is 5.69 Å². The summed E-state index contributed by atoms with van der Waals surface area (Å²) in [6.07, 6.45) is 5.10. The van der Waals surface area contributed by atoms with Crippen LogP contribution in [0.5, 0.6) is 11.8 Å². The predicted molar refractivity (Wildman–Crippen MR) is 105 cm³/mol. The van der Waals surface area contributed by atoms with E-state index >= 15 is 0 Å². The second-order valence-electron chi connectivity index (χ2n) is 6.64. The lowest BCUT2D eigenvalue weighted by molar-refractivity contribution is 0.102. The van der Waals surface area contributed by atoms with Gasteiger partial charge in [-0.15, -0.1) is 0 Å². The standard InChI is InChI=1S/C22H20N2O3/c1-14-7-2-5-12-19(14)23-20(25)15-8-6-9-16(13-15)24-21(26)17-10-3-4-11-18(17)22(24)27/h2-9,12-13,26-27H,10-11H2,1H3,(H,23,25). The van der Waals surface area contributed by atoms with Crippen molar-refractivity contribution in [3.63, 3.8) is 0 Å². The normalized spacial score (nSPS) is 12.6. The first kappa shape index (κ1) is 17.0. The van der Waals surface area contributed by atoms with Crippen LogP contribution in [-0.2, 0) is 12.8 Å². The number of nitrogens with zero attached hydrogens (tertiary/aromatic N) is 1. The molecule has 4 rings (SSSR count). The fraction of sp³-hybridized carbons (Fsp3) is 0.136. The van der Waals surface area contributed by atoms with Crippen LogP contribution < -0.4 is 5.32 Å². The number of hydrogen-bond donors (Lipinski definition) is 3. The number of anilines is 1. The lowest BCUT2D eigenvalue weighted by atomic mass is 10.0. The molecule has 0 fully saturated rings. The topological polar surface area (TPSA) is 74.5 Å². The van der Waals surface area contributed by atoms with Crippen molar-refractivity contribution in [2.24, 2.45) is 0 Å². The Labute approximate surface area is 157 Å². The summed E-state index contributed by atoms with van der Waals surface area (Å²) in [5, 5.41) is 24.1. The highest BCUT2D eigenvalue weighted by molar-refractivity contribution is 6.05. The van der Waals surface area contributed by atoms with E-state index in [0.717, 1.165) is 22.4 Å². The molecule has 1 aromatic heterocycles. The minimum Gasteiger partial charge on any atom is -0.494 e. The number of carbonyl (C=O) groups excluding carboxylic acids is 1. The Morgan fingerprint density at radius 2 is 1.63 bits per heavy atom. The van der Waals surface area contributed by atoms with Gasteiger partial charge >= 0.3 is 0 Å². The van der Waals surface area contributed by atoms with Gasteiger partial charge in [0.15, 0.2) is 0 Å². The second kappa shape index (κ2) is 6.68. The zero-order valence-electron chi connectivity index (χ0n) is 14.9. The number of aryl methyl sites for hydroxylation is 1. The van der Waals surface area contributed by atoms with Gasteiger partial charge in [-0.3, -0.25) is 9.36 Å². The molecule has 3 N–H and O–H groups in total. The zero-order valence-corrected chi connectivity index (χ0v) is 14.9. The number of rotatable bonds is 3. The van der Waals surface area contributed by atoms with Gasteiger partial charge in [-0.05, 0) is 49.6 Å². The van der Waals surface area contributed by atoms with E-state index in [0.29, 0.717) is 24.1 Å². The van der Waals surface area contributed by atoms with Crippen LogP contribution in [0, 0.1) is 6.92 Å². The number of hydrogen-bond acceptors (Lipinski definition) is 3. The first-order valence-corrected chi connectivity index (χ1v) is 8.83. The van der Waals surface area contributed by atoms with E-state index in [9.17, 15) is 15.0 Å². The Bertz CT molecular complexity index is 1030. The first-order valence-electron chi connectivity index (χ1n) is 8.83. The molecule has 5 heteroatoms. The fourth-order valence-electron chi connectivity index (χ4n) is 3.41. The third-order valence-corrected chi connectivity index (χ3v) is 4.90. The molecule has 0 radical (unpaired) electrons. The summed E-state index contributed by atoms with van der Waals surface area (Å²) in [5.41, 5.74) is 4.16. The number of carbonyl (C=O) groups is 1. The molecule has 0 saturated heterocycles. The molecule has 1 amide bonds. The van der Waals surface area contributed by atoms with Gasteiger partial charge in [-0.2, -0.15) is 0 Å². The summed E-state index contributed by atoms with van der Waals surface area (Å²) in [6.45, 7) is 1.93. The van der Waals surface area contributed by atoms with Crippen LogP contribution >= 0.6 is 0 Å². The molecule has 136 valence electrons. The van der Waals surface area contributed by atoms with Gasteiger partial charge in [0.2, 0.25) is 11.8 Å². The summed E-state index contributed by atoms with van der Waals surface area (Å²) in [5.74, 6) is -0.213. The van der Waals surface area contributed by atoms with Crippen LogP contribution in [0.25, 0.3) is 5.69 Å². The Morgan fingerprint density at radius 3 is 2.30 bits per heavy atom. The van der Waals surface area contributed by atoms with Crippen molar-refractivity contribution >= 4 is 11.6 Å². The molecule has 0 atom stereocenters. The molecular weight excluding hydrogens is 340 g/mol. The van der Waals surface area contributed by atoms with Crippen molar-refractivity contribution < 1.29 is 15.0 Å². The van der Waals surface area contributed by atoms with Gasteiger partial charge in [0.05, 0.1) is 5.69 Å². The Hall–Kier alpha value is -3.47. The minimum absolute atomic E-state index is 0.0170. The van der Waals surface area contributed by atoms with E-state index in [4.69, 9.17) is 0 Å². The van der Waals surface area contributed by atoms with Crippen molar-refractivity contribution in [1.29, 1.82) is 0 Å². The van der Waals surface area contributed by atoms with E-state index in [-0.39, 0.29) is 17.7 Å². The number of amides is 1. The number of benzene rings is 2. The number of allylic oxidation sites excluding steroid dienone is 2. The van der Waals surface area contributed by atoms with Gasteiger partial charge in [-0.1, -0.05) is 36.4 Å². The minimum atomic E-state index is -0.247. The van der Waals surface area contributed by atoms with E-state index in [2.05, 4.69) is 5.32 Å². The Kier molecular flexibility index (Phi) is 4.20. The lowest BCUT2D eigenvalue weighted by Gasteiger charge is -2.11. The molecule has 5 nitrogen and oxygen atoms in total. The fourth-order valence-corrected chi connectivity index (χ4v) is 3.41. The molecule has 0 spiro atoms. The van der Waals surface area contributed by atoms with Gasteiger partial charge in [-0.25, -0.2) is 0 Å². The Balaban J connectivity index is 1.69. The highest BCUT2D eigenvalue weighted by Crippen LogP contribution is 2.39. The van der Waals surface area contributed by atoms with Crippen molar-refractivity contribution in [2.45, 2.75) is 19.8 Å². The van der Waals surface area contributed by atoms with Gasteiger partial charge < -0.3 is 15.5 Å². The summed E-state index contributed by atoms with van der Waals surface area (Å²) < 4.78 is 1.39. The van der Waals surface area contributed by atoms with E-state index in [1.807, 2.05) is 43.3 Å². The molecule has 1 aliphatic rings. The molecule has 1 aliphatic carbocycles. The van der Waals surface area contributed by atoms with E-state index < -0.39 is 0 Å². The van der Waals surface area contributed by atoms with Crippen LogP contribution in [0.1, 0.15) is 27.0 Å². The number of nitrogens with one attached hydrogen (secondary N) is 1. The highest BCUT2D eigenvalue weighted by atomic mass is 16.3. The molecule has 1 heterocycles. The largest absolute Gasteiger partial charge is 0.494 e. The van der Waals surface area contributed by atoms with E-state index in [1.54, 1.807) is 24.3 Å². The number of aromatic nitrogens is 1. The predicted octanol–water partition coefficient (Wildman–Crippen LogP) is 4.10. The quantitative estimate of drug-likeness (QED) is 0.616. The number of aromatic hydroxyl groups is 2. The van der Waals surface area contributed by atoms with Crippen molar-refractivity contribution in [2.75, 3.05) is 5.32 Å². The first-order chi connectivity index (χ1) is 13.1. The summed E-state index contributed by atoms with van der Waals surface area (Å²) >= 11 is 0. The molecule has 0 bridgehead atoms. The molecular formula is C22H20N2O3. The number of fused-ring (bicyclic) bond motifs is 1. The van der Waals surface area contributed by atoms with Crippen LogP contribution in [0.15, 0.2) is 60.7 Å². The van der Waals surface area contributed by atoms with Gasteiger partial charge in [0.1, 0.15) is 0 Å². The molecule has 0 saturated carbocycles. The van der Waals surface area contributed by atoms with Crippen LogP contribution in [0.3, 0.4) is 0 Å². The second-order valence-corrected chi connectivity index (χ2v) is 6.64. The number of para-hydroxylation sites is 1. The van der Waals surface area contributed by atoms with Crippen LogP contribution in [-0.4, -0.2) is 20.7 Å². The molecule has 0 aliphatic heterocycles. The third-order valence-electron chi connectivity index (χ3n) is 4.90. The monoisotopic (exact) mass is 360 g/mol. The average Bonchev–Trinajstić information content (AvgIpc) is 2.94. The molecule has 3 aromatic rings. The zero-order chi connectivity index (χ0) is 19.0. The SMILES string of the molecule is Cc1ccccc1NC(=O)c1cccc(-n2c(O)c3c(c2O)CC=CC3)c1. The Morgan fingerprint density at radius 1 is 0.963 bits per heavy atom. The van der Waals surface area contributed by atoms with Gasteiger partial charge in [0.25, 0.3) is 5.91 Å². The summed E-state index contributed by atoms with van der Waals surface area (Å²) in [7, 11) is 0. The maximum Gasteiger partial charge on any atom is 0.255 e. The average molecular weight is 360 g/mol. The van der Waals surface area contributed by atoms with Crippen molar-refractivity contribution in [3.05, 3.63) is 82.9 Å². The van der Waals surface area contributed by atoms with Crippen molar-refractivity contribution in [1.82, 2.24) is 4.57 Å². The maximum absolute atomic E-state index is 12.7. The highest BCUT2D eigenvalue weighted by Gasteiger charge is 2.23. The van der Waals surface area contributed by atoms with Gasteiger partial charge in [0, 0.05) is 22.4 Å². The smallest absolute Gasteiger partial charge is 0.255 e. The van der Waals surface area contributed by atoms with E-state index in [1.165, 1.54) is 4.57 Å². The lowest BCUT2D eigenvalue weighted by Crippen LogP contribution is -2.13. The third kappa shape index (κ3) is 2.97. The molecule has 27 heavy (non-hydrogen) atoms.